The summed E-state index contributed by atoms with van der Waals surface area (Å²) in [5.41, 5.74) is 14.1. The van der Waals surface area contributed by atoms with Crippen molar-refractivity contribution in [3.05, 3.63) is 235 Å². The van der Waals surface area contributed by atoms with Crippen LogP contribution in [-0.2, 0) is 5.60 Å². The minimum Gasteiger partial charge on any atom is -0.472 e. The van der Waals surface area contributed by atoms with Crippen molar-refractivity contribution in [3.63, 3.8) is 0 Å². The highest BCUT2D eigenvalue weighted by Crippen LogP contribution is 2.54. The number of rotatable bonds is 5. The molecule has 0 spiro atoms. The van der Waals surface area contributed by atoms with Crippen molar-refractivity contribution in [2.24, 2.45) is 0 Å². The molecule has 0 radical (unpaired) electrons. The maximum Gasteiger partial charge on any atom is 0.185 e. The fourth-order valence-electron chi connectivity index (χ4n) is 9.65. The van der Waals surface area contributed by atoms with E-state index in [1.54, 1.807) is 0 Å². The van der Waals surface area contributed by atoms with Crippen LogP contribution in [0.3, 0.4) is 0 Å². The first kappa shape index (κ1) is 32.6. The SMILES string of the molecule is c1ccc(-n2c3ccccc3c3cc(-c4ccc5c(c4)c4ccccc4n5-c4cccc5c4-c4ccccc4C(c4ccccc4)(c4ccccc4)O5)ccc32)cc1. The van der Waals surface area contributed by atoms with E-state index in [0.29, 0.717) is 0 Å². The second-order valence-corrected chi connectivity index (χ2v) is 15.2. The molecule has 0 fully saturated rings. The summed E-state index contributed by atoms with van der Waals surface area (Å²) in [6.07, 6.45) is 0. The number of ether oxygens (including phenoxy) is 1. The number of fused-ring (bicyclic) bond motifs is 9. The molecule has 12 rings (SSSR count). The van der Waals surface area contributed by atoms with Crippen LogP contribution < -0.4 is 4.74 Å². The third-order valence-corrected chi connectivity index (χ3v) is 12.1. The topological polar surface area (TPSA) is 19.1 Å². The van der Waals surface area contributed by atoms with Crippen LogP contribution in [0.4, 0.5) is 0 Å². The van der Waals surface area contributed by atoms with Gasteiger partial charge in [0.25, 0.3) is 0 Å². The van der Waals surface area contributed by atoms with Crippen molar-refractivity contribution < 1.29 is 4.74 Å². The maximum absolute atomic E-state index is 7.44. The molecule has 0 N–H and O–H groups in total. The predicted molar refractivity (Wildman–Crippen MR) is 239 cm³/mol. The smallest absolute Gasteiger partial charge is 0.185 e. The monoisotopic (exact) mass is 740 g/mol. The molecule has 58 heavy (non-hydrogen) atoms. The van der Waals surface area contributed by atoms with Crippen molar-refractivity contribution in [2.75, 3.05) is 0 Å². The van der Waals surface area contributed by atoms with E-state index in [1.807, 2.05) is 0 Å². The van der Waals surface area contributed by atoms with Gasteiger partial charge in [0.2, 0.25) is 0 Å². The van der Waals surface area contributed by atoms with Crippen molar-refractivity contribution in [1.82, 2.24) is 9.13 Å². The zero-order valence-corrected chi connectivity index (χ0v) is 31.6. The van der Waals surface area contributed by atoms with Gasteiger partial charge in [-0.05, 0) is 77.4 Å². The maximum atomic E-state index is 7.44. The molecule has 0 saturated carbocycles. The average Bonchev–Trinajstić information content (AvgIpc) is 3.81. The Balaban J connectivity index is 1.05. The molecule has 0 aliphatic carbocycles. The van der Waals surface area contributed by atoms with E-state index in [4.69, 9.17) is 4.74 Å². The van der Waals surface area contributed by atoms with Gasteiger partial charge in [-0.1, -0.05) is 158 Å². The Morgan fingerprint density at radius 1 is 0.362 bits per heavy atom. The van der Waals surface area contributed by atoms with Gasteiger partial charge < -0.3 is 13.9 Å². The number of para-hydroxylation sites is 3. The molecule has 1 aliphatic rings. The van der Waals surface area contributed by atoms with Crippen LogP contribution in [0.1, 0.15) is 16.7 Å². The Morgan fingerprint density at radius 2 is 0.862 bits per heavy atom. The molecule has 272 valence electrons. The van der Waals surface area contributed by atoms with Crippen LogP contribution in [-0.4, -0.2) is 9.13 Å². The molecule has 1 aliphatic heterocycles. The van der Waals surface area contributed by atoms with Crippen molar-refractivity contribution in [2.45, 2.75) is 5.60 Å². The van der Waals surface area contributed by atoms with Crippen LogP contribution in [0, 0.1) is 0 Å². The van der Waals surface area contributed by atoms with Crippen LogP contribution >= 0.6 is 0 Å². The van der Waals surface area contributed by atoms with Crippen LogP contribution in [0.15, 0.2) is 218 Å². The molecule has 0 unspecified atom stereocenters. The highest BCUT2D eigenvalue weighted by molar-refractivity contribution is 6.13. The molecule has 0 amide bonds. The van der Waals surface area contributed by atoms with Gasteiger partial charge in [-0.3, -0.25) is 0 Å². The largest absolute Gasteiger partial charge is 0.472 e. The summed E-state index contributed by atoms with van der Waals surface area (Å²) in [5, 5.41) is 4.93. The third kappa shape index (κ3) is 4.68. The zero-order chi connectivity index (χ0) is 38.2. The Bertz CT molecular complexity index is 3320. The zero-order valence-electron chi connectivity index (χ0n) is 31.6. The first-order valence-electron chi connectivity index (χ1n) is 19.9. The fourth-order valence-corrected chi connectivity index (χ4v) is 9.65. The van der Waals surface area contributed by atoms with E-state index in [9.17, 15) is 0 Å². The molecule has 0 bridgehead atoms. The number of benzene rings is 9. The van der Waals surface area contributed by atoms with E-state index in [0.717, 1.165) is 56.0 Å². The van der Waals surface area contributed by atoms with E-state index in [1.165, 1.54) is 43.7 Å². The van der Waals surface area contributed by atoms with Gasteiger partial charge in [-0.15, -0.1) is 0 Å². The fraction of sp³-hybridized carbons (Fsp3) is 0.0182. The van der Waals surface area contributed by atoms with Gasteiger partial charge in [0, 0.05) is 49.5 Å². The van der Waals surface area contributed by atoms with E-state index < -0.39 is 5.60 Å². The number of aromatic nitrogens is 2. The van der Waals surface area contributed by atoms with Gasteiger partial charge >= 0.3 is 0 Å². The molecule has 9 aromatic carbocycles. The van der Waals surface area contributed by atoms with E-state index in [2.05, 4.69) is 228 Å². The quantitative estimate of drug-likeness (QED) is 0.172. The summed E-state index contributed by atoms with van der Waals surface area (Å²) >= 11 is 0. The Morgan fingerprint density at radius 3 is 1.50 bits per heavy atom. The summed E-state index contributed by atoms with van der Waals surface area (Å²) in [5.74, 6) is 0.856. The van der Waals surface area contributed by atoms with Crippen LogP contribution in [0.2, 0.25) is 0 Å². The number of nitrogens with zero attached hydrogens (tertiary/aromatic N) is 2. The summed E-state index contributed by atoms with van der Waals surface area (Å²) in [4.78, 5) is 0. The van der Waals surface area contributed by atoms with E-state index in [-0.39, 0.29) is 0 Å². The normalized spacial score (nSPS) is 13.1. The Kier molecular flexibility index (Phi) is 7.14. The average molecular weight is 741 g/mol. The van der Waals surface area contributed by atoms with Crippen LogP contribution in [0.25, 0.3) is 77.2 Å². The summed E-state index contributed by atoms with van der Waals surface area (Å²) in [6.45, 7) is 0. The standard InChI is InChI=1S/C55H36N2O/c1-4-17-39(18-5-1)55(40-19-6-2-7-20-40)47-26-13-10-25-44(47)54-52(29-16-30-53(54)58-55)57-49-28-15-12-24-43(49)46-36-38(32-34-51(46)57)37-31-33-50-45(35-37)42-23-11-14-27-48(42)56(50)41-21-8-3-9-22-41/h1-36H. The van der Waals surface area contributed by atoms with Crippen molar-refractivity contribution >= 4 is 43.6 Å². The first-order chi connectivity index (χ1) is 28.8. The second-order valence-electron chi connectivity index (χ2n) is 15.2. The van der Waals surface area contributed by atoms with Gasteiger partial charge in [-0.25, -0.2) is 0 Å². The highest BCUT2D eigenvalue weighted by Gasteiger charge is 2.45. The summed E-state index contributed by atoms with van der Waals surface area (Å²) in [6, 6.07) is 78.6. The Hall–Kier alpha value is -7.62. The molecule has 0 atom stereocenters. The minimum absolute atomic E-state index is 0.824. The third-order valence-electron chi connectivity index (χ3n) is 12.1. The van der Waals surface area contributed by atoms with E-state index >= 15 is 0 Å². The van der Waals surface area contributed by atoms with Gasteiger partial charge in [-0.2, -0.15) is 0 Å². The second kappa shape index (κ2) is 12.7. The lowest BCUT2D eigenvalue weighted by Crippen LogP contribution is -2.38. The molecule has 3 nitrogen and oxygen atoms in total. The molecule has 2 aromatic heterocycles. The van der Waals surface area contributed by atoms with Gasteiger partial charge in [0.15, 0.2) is 5.60 Å². The lowest BCUT2D eigenvalue weighted by Gasteiger charge is -2.42. The molecule has 11 aromatic rings. The number of hydrogen-bond acceptors (Lipinski definition) is 1. The molecular weight excluding hydrogens is 705 g/mol. The first-order valence-corrected chi connectivity index (χ1v) is 19.9. The minimum atomic E-state index is -0.824. The Labute approximate surface area is 336 Å². The lowest BCUT2D eigenvalue weighted by molar-refractivity contribution is 0.152. The van der Waals surface area contributed by atoms with Gasteiger partial charge in [0.1, 0.15) is 5.75 Å². The summed E-state index contributed by atoms with van der Waals surface area (Å²) < 4.78 is 12.2. The highest BCUT2D eigenvalue weighted by atomic mass is 16.5. The van der Waals surface area contributed by atoms with Crippen molar-refractivity contribution in [3.8, 4) is 39.4 Å². The predicted octanol–water partition coefficient (Wildman–Crippen LogP) is 13.9. The van der Waals surface area contributed by atoms with Crippen LogP contribution in [0.5, 0.6) is 5.75 Å². The molecule has 3 heteroatoms. The molecular formula is C55H36N2O. The molecule has 3 heterocycles. The number of hydrogen-bond donors (Lipinski definition) is 0. The van der Waals surface area contributed by atoms with Crippen molar-refractivity contribution in [1.29, 1.82) is 0 Å². The molecule has 0 saturated heterocycles. The lowest BCUT2D eigenvalue weighted by atomic mass is 9.75. The van der Waals surface area contributed by atoms with Gasteiger partial charge in [0.05, 0.1) is 27.8 Å². The summed E-state index contributed by atoms with van der Waals surface area (Å²) in [7, 11) is 0.